The molecule has 3 heterocycles. The van der Waals surface area contributed by atoms with E-state index in [1.54, 1.807) is 47.7 Å². The normalized spacial score (nSPS) is 16.8. The Bertz CT molecular complexity index is 1100. The minimum atomic E-state index is -3.33. The molecule has 2 aromatic heterocycles. The van der Waals surface area contributed by atoms with Crippen LogP contribution in [0, 0.1) is 0 Å². The summed E-state index contributed by atoms with van der Waals surface area (Å²) in [6.45, 7) is 0. The van der Waals surface area contributed by atoms with Gasteiger partial charge in [-0.05, 0) is 52.2 Å². The monoisotopic (exact) mass is 415 g/mol. The molecule has 0 fully saturated rings. The molecule has 1 aliphatic heterocycles. The average Bonchev–Trinajstić information content (AvgIpc) is 3.40. The molecule has 4 rings (SSSR count). The van der Waals surface area contributed by atoms with Crippen LogP contribution >= 0.6 is 11.3 Å². The van der Waals surface area contributed by atoms with E-state index in [-0.39, 0.29) is 17.7 Å². The van der Waals surface area contributed by atoms with E-state index in [1.165, 1.54) is 11.3 Å². The molecule has 3 aromatic rings. The Morgan fingerprint density at radius 2 is 2.04 bits per heavy atom. The zero-order valence-corrected chi connectivity index (χ0v) is 16.5. The first-order valence-electron chi connectivity index (χ1n) is 8.45. The van der Waals surface area contributed by atoms with Crippen LogP contribution in [0.3, 0.4) is 0 Å². The quantitative estimate of drug-likeness (QED) is 0.688. The molecule has 0 bridgehead atoms. The lowest BCUT2D eigenvalue weighted by atomic mass is 10.0. The van der Waals surface area contributed by atoms with Crippen molar-refractivity contribution in [3.63, 3.8) is 0 Å². The Balaban J connectivity index is 1.64. The SMILES string of the molecule is CS(=O)(=O)Nc1ccc(C2=NN(C(=O)c3ccco3)C(c3ccsc3)C2)cc1. The van der Waals surface area contributed by atoms with Crippen LogP contribution in [-0.2, 0) is 10.0 Å². The number of carbonyl (C=O) groups is 1. The van der Waals surface area contributed by atoms with Gasteiger partial charge in [0, 0.05) is 12.1 Å². The number of amides is 1. The van der Waals surface area contributed by atoms with Crippen LogP contribution in [0.2, 0.25) is 0 Å². The Labute approximate surface area is 166 Å². The standard InChI is InChI=1S/C19H17N3O4S2/c1-28(24,25)21-15-6-4-13(5-7-15)16-11-17(14-8-10-27-12-14)22(20-16)19(23)18-3-2-9-26-18/h2-10,12,17,21H,11H2,1H3. The second-order valence-electron chi connectivity index (χ2n) is 6.40. The van der Waals surface area contributed by atoms with Gasteiger partial charge in [-0.15, -0.1) is 0 Å². The van der Waals surface area contributed by atoms with Gasteiger partial charge in [0.15, 0.2) is 5.76 Å². The number of benzene rings is 1. The van der Waals surface area contributed by atoms with Gasteiger partial charge < -0.3 is 4.42 Å². The number of anilines is 1. The molecule has 0 saturated heterocycles. The lowest BCUT2D eigenvalue weighted by Gasteiger charge is -2.19. The van der Waals surface area contributed by atoms with Gasteiger partial charge in [-0.3, -0.25) is 9.52 Å². The smallest absolute Gasteiger partial charge is 0.310 e. The van der Waals surface area contributed by atoms with Gasteiger partial charge in [-0.25, -0.2) is 13.4 Å². The van der Waals surface area contributed by atoms with Crippen LogP contribution in [0.4, 0.5) is 5.69 Å². The van der Waals surface area contributed by atoms with Crippen molar-refractivity contribution in [3.8, 4) is 0 Å². The number of furan rings is 1. The third-order valence-corrected chi connectivity index (χ3v) is 5.61. The van der Waals surface area contributed by atoms with Crippen LogP contribution in [-0.4, -0.2) is 31.3 Å². The molecule has 0 saturated carbocycles. The van der Waals surface area contributed by atoms with Crippen LogP contribution in [0.1, 0.15) is 34.1 Å². The predicted octanol–water partition coefficient (Wildman–Crippen LogP) is 3.70. The predicted molar refractivity (Wildman–Crippen MR) is 108 cm³/mol. The highest BCUT2D eigenvalue weighted by atomic mass is 32.2. The van der Waals surface area contributed by atoms with Crippen LogP contribution in [0.25, 0.3) is 0 Å². The number of hydrogen-bond donors (Lipinski definition) is 1. The third kappa shape index (κ3) is 3.85. The summed E-state index contributed by atoms with van der Waals surface area (Å²) in [4.78, 5) is 12.9. The highest BCUT2D eigenvalue weighted by Crippen LogP contribution is 2.35. The van der Waals surface area contributed by atoms with E-state index in [0.717, 1.165) is 23.1 Å². The Morgan fingerprint density at radius 3 is 2.64 bits per heavy atom. The van der Waals surface area contributed by atoms with Crippen molar-refractivity contribution in [3.05, 3.63) is 76.4 Å². The highest BCUT2D eigenvalue weighted by Gasteiger charge is 2.34. The number of carbonyl (C=O) groups excluding carboxylic acids is 1. The van der Waals surface area contributed by atoms with Crippen LogP contribution in [0.5, 0.6) is 0 Å². The molecule has 1 N–H and O–H groups in total. The molecule has 1 unspecified atom stereocenters. The van der Waals surface area contributed by atoms with Crippen molar-refractivity contribution in [2.45, 2.75) is 12.5 Å². The molecule has 1 aliphatic rings. The molecule has 0 aliphatic carbocycles. The molecule has 144 valence electrons. The fourth-order valence-electron chi connectivity index (χ4n) is 3.05. The van der Waals surface area contributed by atoms with E-state index in [0.29, 0.717) is 12.1 Å². The van der Waals surface area contributed by atoms with Gasteiger partial charge in [-0.1, -0.05) is 12.1 Å². The van der Waals surface area contributed by atoms with E-state index in [2.05, 4.69) is 9.82 Å². The fraction of sp³-hybridized carbons (Fsp3) is 0.158. The lowest BCUT2D eigenvalue weighted by Crippen LogP contribution is -2.26. The average molecular weight is 415 g/mol. The maximum atomic E-state index is 12.9. The maximum Gasteiger partial charge on any atom is 0.310 e. The molecule has 1 amide bonds. The number of nitrogens with zero attached hydrogens (tertiary/aromatic N) is 2. The van der Waals surface area contributed by atoms with E-state index in [1.807, 2.05) is 16.8 Å². The summed E-state index contributed by atoms with van der Waals surface area (Å²) < 4.78 is 30.4. The second kappa shape index (κ2) is 7.25. The van der Waals surface area contributed by atoms with E-state index < -0.39 is 10.0 Å². The van der Waals surface area contributed by atoms with Crippen molar-refractivity contribution in [1.82, 2.24) is 5.01 Å². The first-order chi connectivity index (χ1) is 13.4. The molecule has 9 heteroatoms. The lowest BCUT2D eigenvalue weighted by molar-refractivity contribution is 0.0679. The Hall–Kier alpha value is -2.91. The summed E-state index contributed by atoms with van der Waals surface area (Å²) in [6, 6.07) is 12.0. The summed E-state index contributed by atoms with van der Waals surface area (Å²) in [5, 5.41) is 9.99. The van der Waals surface area contributed by atoms with Gasteiger partial charge in [0.1, 0.15) is 0 Å². The molecule has 1 atom stereocenters. The Kier molecular flexibility index (Phi) is 4.78. The molecule has 1 aromatic carbocycles. The maximum absolute atomic E-state index is 12.9. The molecular weight excluding hydrogens is 398 g/mol. The van der Waals surface area contributed by atoms with E-state index in [9.17, 15) is 13.2 Å². The van der Waals surface area contributed by atoms with Gasteiger partial charge in [0.2, 0.25) is 10.0 Å². The minimum absolute atomic E-state index is 0.215. The van der Waals surface area contributed by atoms with Gasteiger partial charge in [0.25, 0.3) is 0 Å². The fourth-order valence-corrected chi connectivity index (χ4v) is 4.33. The number of rotatable bonds is 5. The molecule has 28 heavy (non-hydrogen) atoms. The number of nitrogens with one attached hydrogen (secondary N) is 1. The van der Waals surface area contributed by atoms with Gasteiger partial charge >= 0.3 is 5.91 Å². The molecule has 0 radical (unpaired) electrons. The minimum Gasteiger partial charge on any atom is -0.459 e. The summed E-state index contributed by atoms with van der Waals surface area (Å²) >= 11 is 1.56. The summed E-state index contributed by atoms with van der Waals surface area (Å²) in [5.41, 5.74) is 3.07. The number of hydrogen-bond acceptors (Lipinski definition) is 6. The van der Waals surface area contributed by atoms with Crippen LogP contribution in [0.15, 0.2) is 69.0 Å². The first kappa shape index (κ1) is 18.5. The van der Waals surface area contributed by atoms with Crippen molar-refractivity contribution >= 4 is 38.7 Å². The summed E-state index contributed by atoms with van der Waals surface area (Å²) in [7, 11) is -3.33. The van der Waals surface area contributed by atoms with Gasteiger partial charge in [-0.2, -0.15) is 16.4 Å². The second-order valence-corrected chi connectivity index (χ2v) is 8.93. The van der Waals surface area contributed by atoms with Crippen LogP contribution < -0.4 is 4.72 Å². The topological polar surface area (TPSA) is 92.0 Å². The number of sulfonamides is 1. The van der Waals surface area contributed by atoms with Crippen molar-refractivity contribution in [2.75, 3.05) is 11.0 Å². The molecule has 7 nitrogen and oxygen atoms in total. The van der Waals surface area contributed by atoms with E-state index >= 15 is 0 Å². The summed E-state index contributed by atoms with van der Waals surface area (Å²) in [5.74, 6) is -0.0653. The zero-order valence-electron chi connectivity index (χ0n) is 14.9. The zero-order chi connectivity index (χ0) is 19.7. The molecular formula is C19H17N3O4S2. The largest absolute Gasteiger partial charge is 0.459 e. The van der Waals surface area contributed by atoms with Crippen molar-refractivity contribution < 1.29 is 17.6 Å². The summed E-state index contributed by atoms with van der Waals surface area (Å²) in [6.07, 6.45) is 3.12. The van der Waals surface area contributed by atoms with Gasteiger partial charge in [0.05, 0.1) is 24.3 Å². The number of thiophene rings is 1. The third-order valence-electron chi connectivity index (χ3n) is 4.30. The van der Waals surface area contributed by atoms with Crippen molar-refractivity contribution in [2.24, 2.45) is 5.10 Å². The Morgan fingerprint density at radius 1 is 1.25 bits per heavy atom. The number of hydrazone groups is 1. The highest BCUT2D eigenvalue weighted by molar-refractivity contribution is 7.92. The van der Waals surface area contributed by atoms with Crippen molar-refractivity contribution in [1.29, 1.82) is 0 Å². The van der Waals surface area contributed by atoms with E-state index in [4.69, 9.17) is 4.42 Å². The molecule has 0 spiro atoms. The first-order valence-corrected chi connectivity index (χ1v) is 11.3.